The van der Waals surface area contributed by atoms with Gasteiger partial charge in [0.25, 0.3) is 5.91 Å². The monoisotopic (exact) mass is 549 g/mol. The molecule has 0 bridgehead atoms. The van der Waals surface area contributed by atoms with Crippen molar-refractivity contribution in [1.29, 1.82) is 0 Å². The van der Waals surface area contributed by atoms with E-state index >= 15 is 0 Å². The van der Waals surface area contributed by atoms with Crippen LogP contribution in [0.2, 0.25) is 0 Å². The van der Waals surface area contributed by atoms with Gasteiger partial charge in [0.15, 0.2) is 11.5 Å². The number of fused-ring (bicyclic) bond motifs is 2. The van der Waals surface area contributed by atoms with Crippen molar-refractivity contribution < 1.29 is 23.8 Å². The van der Waals surface area contributed by atoms with Crippen LogP contribution in [-0.2, 0) is 22.7 Å². The average molecular weight is 550 g/mol. The van der Waals surface area contributed by atoms with E-state index in [0.717, 1.165) is 11.1 Å². The number of nitrogens with zero attached hydrogens (tertiary/aromatic N) is 4. The number of carbonyl (C=O) groups is 2. The summed E-state index contributed by atoms with van der Waals surface area (Å²) < 4.78 is 17.8. The van der Waals surface area contributed by atoms with E-state index in [-0.39, 0.29) is 31.7 Å². The average Bonchev–Trinajstić information content (AvgIpc) is 3.64. The Morgan fingerprint density at radius 2 is 1.71 bits per heavy atom. The van der Waals surface area contributed by atoms with E-state index in [1.807, 2.05) is 54.6 Å². The van der Waals surface area contributed by atoms with E-state index in [4.69, 9.17) is 14.2 Å². The lowest BCUT2D eigenvalue weighted by Gasteiger charge is -2.31. The molecular formula is C31H27N5O5. The van der Waals surface area contributed by atoms with Gasteiger partial charge in [-0.2, -0.15) is 0 Å². The van der Waals surface area contributed by atoms with Gasteiger partial charge in [0, 0.05) is 18.3 Å². The molecular weight excluding hydrogens is 522 g/mol. The van der Waals surface area contributed by atoms with Crippen LogP contribution in [0.3, 0.4) is 0 Å². The zero-order valence-corrected chi connectivity index (χ0v) is 22.3. The summed E-state index contributed by atoms with van der Waals surface area (Å²) >= 11 is 0. The van der Waals surface area contributed by atoms with Crippen LogP contribution < -0.4 is 19.5 Å². The van der Waals surface area contributed by atoms with Crippen molar-refractivity contribution >= 4 is 28.5 Å². The predicted octanol–water partition coefficient (Wildman–Crippen LogP) is 4.58. The molecule has 0 saturated heterocycles. The van der Waals surface area contributed by atoms with E-state index < -0.39 is 6.04 Å². The molecule has 1 atom stereocenters. The first-order valence-electron chi connectivity index (χ1n) is 13.0. The number of hydrogen-bond donors (Lipinski definition) is 1. The lowest BCUT2D eigenvalue weighted by atomic mass is 10.0. The molecule has 0 fully saturated rings. The molecule has 4 aromatic carbocycles. The van der Waals surface area contributed by atoms with Gasteiger partial charge in [-0.1, -0.05) is 59.8 Å². The van der Waals surface area contributed by atoms with Crippen molar-refractivity contribution in [3.8, 4) is 17.2 Å². The number of ether oxygens (including phenoxy) is 3. The molecule has 1 aromatic heterocycles. The van der Waals surface area contributed by atoms with Gasteiger partial charge in [-0.25, -0.2) is 4.68 Å². The number of amides is 2. The molecule has 10 heteroatoms. The third-order valence-corrected chi connectivity index (χ3v) is 6.85. The number of nitrogens with one attached hydrogen (secondary N) is 1. The molecule has 5 aromatic rings. The molecule has 206 valence electrons. The summed E-state index contributed by atoms with van der Waals surface area (Å²) in [6, 6.07) is 28.3. The number of aromatic nitrogens is 3. The number of para-hydroxylation sites is 1. The fourth-order valence-corrected chi connectivity index (χ4v) is 4.80. The topological polar surface area (TPSA) is 108 Å². The summed E-state index contributed by atoms with van der Waals surface area (Å²) in [5.74, 6) is 1.10. The Morgan fingerprint density at radius 1 is 0.951 bits per heavy atom. The van der Waals surface area contributed by atoms with Crippen LogP contribution in [0, 0.1) is 0 Å². The molecule has 1 aliphatic heterocycles. The lowest BCUT2D eigenvalue weighted by Crippen LogP contribution is -2.42. The van der Waals surface area contributed by atoms with Crippen LogP contribution in [0.25, 0.3) is 11.0 Å². The molecule has 6 rings (SSSR count). The molecule has 41 heavy (non-hydrogen) atoms. The molecule has 0 radical (unpaired) electrons. The Labute approximate surface area is 236 Å². The standard InChI is InChI=1S/C31H27N5O5/c1-39-24-14-11-22(12-15-24)30(31(38)32-23-13-16-27-28(17-23)41-20-40-27)35(18-21-7-3-2-4-8-21)29(37)19-36-26-10-6-5-9-25(26)33-34-36/h2-17,30H,18-20H2,1H3,(H,32,38). The van der Waals surface area contributed by atoms with Crippen LogP contribution in [0.1, 0.15) is 17.2 Å². The summed E-state index contributed by atoms with van der Waals surface area (Å²) in [7, 11) is 1.58. The van der Waals surface area contributed by atoms with Gasteiger partial charge in [-0.3, -0.25) is 9.59 Å². The number of benzene rings is 4. The quantitative estimate of drug-likeness (QED) is 0.287. The molecule has 1 N–H and O–H groups in total. The molecule has 0 saturated carbocycles. The first-order valence-corrected chi connectivity index (χ1v) is 13.0. The Kier molecular flexibility index (Phi) is 7.19. The summed E-state index contributed by atoms with van der Waals surface area (Å²) in [6.07, 6.45) is 0. The van der Waals surface area contributed by atoms with E-state index in [1.165, 1.54) is 0 Å². The van der Waals surface area contributed by atoms with Crippen molar-refractivity contribution in [2.75, 3.05) is 19.2 Å². The molecule has 0 spiro atoms. The summed E-state index contributed by atoms with van der Waals surface area (Å²) in [5, 5.41) is 11.4. The van der Waals surface area contributed by atoms with Crippen molar-refractivity contribution in [1.82, 2.24) is 19.9 Å². The Bertz CT molecular complexity index is 1690. The molecule has 1 aliphatic rings. The smallest absolute Gasteiger partial charge is 0.251 e. The third-order valence-electron chi connectivity index (χ3n) is 6.85. The third kappa shape index (κ3) is 5.53. The second-order valence-electron chi connectivity index (χ2n) is 9.48. The molecule has 2 amide bonds. The van der Waals surface area contributed by atoms with E-state index in [1.54, 1.807) is 59.2 Å². The van der Waals surface area contributed by atoms with Gasteiger partial charge in [0.2, 0.25) is 12.7 Å². The van der Waals surface area contributed by atoms with Gasteiger partial charge in [0.05, 0.1) is 12.6 Å². The van der Waals surface area contributed by atoms with Gasteiger partial charge < -0.3 is 24.4 Å². The normalized spacial score (nSPS) is 12.6. The Hall–Kier alpha value is -5.38. The van der Waals surface area contributed by atoms with Crippen molar-refractivity contribution in [2.45, 2.75) is 19.1 Å². The van der Waals surface area contributed by atoms with Gasteiger partial charge in [0.1, 0.15) is 23.9 Å². The van der Waals surface area contributed by atoms with E-state index in [2.05, 4.69) is 15.6 Å². The second-order valence-corrected chi connectivity index (χ2v) is 9.48. The molecule has 10 nitrogen and oxygen atoms in total. The van der Waals surface area contributed by atoms with Crippen molar-refractivity contribution in [3.05, 3.63) is 108 Å². The highest BCUT2D eigenvalue weighted by Crippen LogP contribution is 2.35. The van der Waals surface area contributed by atoms with Gasteiger partial charge in [-0.05, 0) is 47.5 Å². The van der Waals surface area contributed by atoms with Crippen LogP contribution in [0.5, 0.6) is 17.2 Å². The van der Waals surface area contributed by atoms with Gasteiger partial charge in [-0.15, -0.1) is 5.10 Å². The number of hydrogen-bond acceptors (Lipinski definition) is 7. The zero-order valence-electron chi connectivity index (χ0n) is 22.3. The summed E-state index contributed by atoms with van der Waals surface area (Å²) in [6.45, 7) is 0.215. The van der Waals surface area contributed by atoms with Crippen molar-refractivity contribution in [3.63, 3.8) is 0 Å². The minimum Gasteiger partial charge on any atom is -0.497 e. The predicted molar refractivity (Wildman–Crippen MR) is 151 cm³/mol. The number of carbonyl (C=O) groups excluding carboxylic acids is 2. The van der Waals surface area contributed by atoms with Crippen LogP contribution >= 0.6 is 0 Å². The maximum absolute atomic E-state index is 14.1. The SMILES string of the molecule is COc1ccc(C(C(=O)Nc2ccc3c(c2)OCO3)N(Cc2ccccc2)C(=O)Cn2nnc3ccccc32)cc1. The molecule has 2 heterocycles. The Morgan fingerprint density at radius 3 is 2.51 bits per heavy atom. The minimum atomic E-state index is -0.978. The second kappa shape index (κ2) is 11.4. The first-order chi connectivity index (χ1) is 20.1. The van der Waals surface area contributed by atoms with Crippen LogP contribution in [-0.4, -0.2) is 45.6 Å². The highest BCUT2D eigenvalue weighted by molar-refractivity contribution is 5.98. The lowest BCUT2D eigenvalue weighted by molar-refractivity contribution is -0.140. The Balaban J connectivity index is 1.38. The highest BCUT2D eigenvalue weighted by atomic mass is 16.7. The number of rotatable bonds is 9. The van der Waals surface area contributed by atoms with Crippen molar-refractivity contribution in [2.24, 2.45) is 0 Å². The fourth-order valence-electron chi connectivity index (χ4n) is 4.80. The van der Waals surface area contributed by atoms with Gasteiger partial charge >= 0.3 is 0 Å². The maximum atomic E-state index is 14.1. The maximum Gasteiger partial charge on any atom is 0.251 e. The van der Waals surface area contributed by atoms with E-state index in [0.29, 0.717) is 34.0 Å². The summed E-state index contributed by atoms with van der Waals surface area (Å²) in [4.78, 5) is 29.7. The largest absolute Gasteiger partial charge is 0.497 e. The highest BCUT2D eigenvalue weighted by Gasteiger charge is 2.32. The minimum absolute atomic E-state index is 0.0999. The van der Waals surface area contributed by atoms with Crippen LogP contribution in [0.15, 0.2) is 97.1 Å². The number of methoxy groups -OCH3 is 1. The zero-order chi connectivity index (χ0) is 28.2. The van der Waals surface area contributed by atoms with Crippen LogP contribution in [0.4, 0.5) is 5.69 Å². The molecule has 1 unspecified atom stereocenters. The molecule has 0 aliphatic carbocycles. The fraction of sp³-hybridized carbons (Fsp3) is 0.161. The number of anilines is 1. The first kappa shape index (κ1) is 25.9. The summed E-state index contributed by atoms with van der Waals surface area (Å²) in [5.41, 5.74) is 3.43. The van der Waals surface area contributed by atoms with E-state index in [9.17, 15) is 9.59 Å².